The van der Waals surface area contributed by atoms with Gasteiger partial charge in [0.2, 0.25) is 0 Å². The molecule has 0 fully saturated rings. The first-order valence-electron chi connectivity index (χ1n) is 13.1. The lowest BCUT2D eigenvalue weighted by Crippen LogP contribution is -2.35. The zero-order chi connectivity index (χ0) is 28.5. The predicted molar refractivity (Wildman–Crippen MR) is 153 cm³/mol. The van der Waals surface area contributed by atoms with Crippen molar-refractivity contribution in [1.82, 2.24) is 19.8 Å². The largest absolute Gasteiger partial charge is 0.481 e. The Hall–Kier alpha value is -4.85. The summed E-state index contributed by atoms with van der Waals surface area (Å²) in [5.41, 5.74) is 4.78. The first-order valence-corrected chi connectivity index (χ1v) is 13.1. The zero-order valence-electron chi connectivity index (χ0n) is 22.7. The number of aryl methyl sites for hydroxylation is 1. The monoisotopic (exact) mass is 536 g/mol. The highest BCUT2D eigenvalue weighted by molar-refractivity contribution is 6.06. The Kier molecular flexibility index (Phi) is 9.35. The number of benzene rings is 2. The average Bonchev–Trinajstić information content (AvgIpc) is 2.97. The molecule has 0 radical (unpaired) electrons. The van der Waals surface area contributed by atoms with Gasteiger partial charge in [0.1, 0.15) is 0 Å². The fraction of sp³-hybridized carbons (Fsp3) is 0.219. The quantitative estimate of drug-likeness (QED) is 0.293. The van der Waals surface area contributed by atoms with E-state index in [9.17, 15) is 19.5 Å². The van der Waals surface area contributed by atoms with Gasteiger partial charge in [-0.25, -0.2) is 0 Å². The van der Waals surface area contributed by atoms with E-state index < -0.39 is 5.97 Å². The van der Waals surface area contributed by atoms with Gasteiger partial charge >= 0.3 is 5.97 Å². The SMILES string of the molecule is Cc1cccc(CN(C)C(=O)c2ccccc2-c2ccccc2C(=O)N(CCC(=O)O)CCc2ccncc2)n1. The number of nitrogens with zero attached hydrogens (tertiary/aromatic N) is 4. The number of hydrogen-bond acceptors (Lipinski definition) is 5. The van der Waals surface area contributed by atoms with Crippen LogP contribution in [0, 0.1) is 6.92 Å². The van der Waals surface area contributed by atoms with E-state index in [1.807, 2.05) is 61.5 Å². The van der Waals surface area contributed by atoms with Crippen LogP contribution in [0.1, 0.15) is 44.1 Å². The summed E-state index contributed by atoms with van der Waals surface area (Å²) in [4.78, 5) is 50.6. The number of rotatable bonds is 11. The number of pyridine rings is 2. The van der Waals surface area contributed by atoms with Crippen LogP contribution in [0.15, 0.2) is 91.3 Å². The van der Waals surface area contributed by atoms with Crippen molar-refractivity contribution in [2.24, 2.45) is 0 Å². The molecule has 0 atom stereocenters. The van der Waals surface area contributed by atoms with Crippen LogP contribution in [0.4, 0.5) is 0 Å². The van der Waals surface area contributed by atoms with Crippen LogP contribution in [0.3, 0.4) is 0 Å². The topological polar surface area (TPSA) is 104 Å². The summed E-state index contributed by atoms with van der Waals surface area (Å²) in [6, 6.07) is 23.8. The molecule has 2 aromatic carbocycles. The smallest absolute Gasteiger partial charge is 0.305 e. The molecule has 8 nitrogen and oxygen atoms in total. The Balaban J connectivity index is 1.63. The lowest BCUT2D eigenvalue weighted by atomic mass is 9.94. The van der Waals surface area contributed by atoms with Crippen molar-refractivity contribution in [3.63, 3.8) is 0 Å². The molecular formula is C32H32N4O4. The van der Waals surface area contributed by atoms with Crippen LogP contribution < -0.4 is 0 Å². The molecule has 204 valence electrons. The summed E-state index contributed by atoms with van der Waals surface area (Å²) >= 11 is 0. The molecule has 0 unspecified atom stereocenters. The van der Waals surface area contributed by atoms with Crippen LogP contribution in [0.25, 0.3) is 11.1 Å². The Labute approximate surface area is 233 Å². The van der Waals surface area contributed by atoms with Crippen molar-refractivity contribution in [3.05, 3.63) is 119 Å². The van der Waals surface area contributed by atoms with Gasteiger partial charge in [0.05, 0.1) is 18.7 Å². The first-order chi connectivity index (χ1) is 19.3. The molecular weight excluding hydrogens is 504 g/mol. The minimum Gasteiger partial charge on any atom is -0.481 e. The Morgan fingerprint density at radius 2 is 1.40 bits per heavy atom. The average molecular weight is 537 g/mol. The third kappa shape index (κ3) is 7.17. The molecule has 0 aliphatic heterocycles. The molecule has 0 spiro atoms. The molecule has 4 rings (SSSR count). The zero-order valence-corrected chi connectivity index (χ0v) is 22.7. The number of amides is 2. The van der Waals surface area contributed by atoms with Crippen molar-refractivity contribution in [2.45, 2.75) is 26.3 Å². The number of aromatic nitrogens is 2. The van der Waals surface area contributed by atoms with Crippen molar-refractivity contribution in [2.75, 3.05) is 20.1 Å². The Morgan fingerprint density at radius 1 is 0.775 bits per heavy atom. The number of carboxylic acid groups (broad SMARTS) is 1. The molecule has 1 N–H and O–H groups in total. The lowest BCUT2D eigenvalue weighted by Gasteiger charge is -2.24. The van der Waals surface area contributed by atoms with E-state index in [-0.39, 0.29) is 24.8 Å². The fourth-order valence-electron chi connectivity index (χ4n) is 4.55. The number of carbonyl (C=O) groups is 3. The van der Waals surface area contributed by atoms with Crippen molar-refractivity contribution in [1.29, 1.82) is 0 Å². The molecule has 2 amide bonds. The van der Waals surface area contributed by atoms with Crippen LogP contribution in [0.5, 0.6) is 0 Å². The van der Waals surface area contributed by atoms with Gasteiger partial charge in [-0.3, -0.25) is 24.4 Å². The molecule has 0 bridgehead atoms. The summed E-state index contributed by atoms with van der Waals surface area (Å²) in [7, 11) is 1.73. The third-order valence-electron chi connectivity index (χ3n) is 6.60. The molecule has 8 heteroatoms. The van der Waals surface area contributed by atoms with E-state index in [0.29, 0.717) is 41.8 Å². The lowest BCUT2D eigenvalue weighted by molar-refractivity contribution is -0.137. The Bertz CT molecular complexity index is 1490. The molecule has 4 aromatic rings. The molecule has 0 aliphatic carbocycles. The van der Waals surface area contributed by atoms with Gasteiger partial charge in [-0.2, -0.15) is 0 Å². The standard InChI is InChI=1S/C32H32N4O4/c1-23-8-7-9-25(34-23)22-35(2)31(39)28-12-5-3-10-26(28)27-11-4-6-13-29(27)32(40)36(21-17-30(37)38)20-16-24-14-18-33-19-15-24/h3-15,18-19H,16-17,20-22H2,1-2H3,(H,37,38). The highest BCUT2D eigenvalue weighted by Crippen LogP contribution is 2.29. The van der Waals surface area contributed by atoms with Crippen LogP contribution in [0.2, 0.25) is 0 Å². The van der Waals surface area contributed by atoms with Gasteiger partial charge in [-0.1, -0.05) is 42.5 Å². The van der Waals surface area contributed by atoms with Gasteiger partial charge in [0.15, 0.2) is 0 Å². The summed E-state index contributed by atoms with van der Waals surface area (Å²) in [5, 5.41) is 9.31. The number of carboxylic acids is 1. The predicted octanol–water partition coefficient (Wildman–Crippen LogP) is 4.88. The number of aliphatic carboxylic acids is 1. The normalized spacial score (nSPS) is 10.7. The minimum atomic E-state index is -0.975. The van der Waals surface area contributed by atoms with Gasteiger partial charge in [0, 0.05) is 49.4 Å². The second-order valence-electron chi connectivity index (χ2n) is 9.56. The molecule has 0 aliphatic rings. The maximum atomic E-state index is 13.9. The maximum absolute atomic E-state index is 13.9. The highest BCUT2D eigenvalue weighted by atomic mass is 16.4. The van der Waals surface area contributed by atoms with Crippen LogP contribution >= 0.6 is 0 Å². The molecule has 40 heavy (non-hydrogen) atoms. The summed E-state index contributed by atoms with van der Waals surface area (Å²) < 4.78 is 0. The summed E-state index contributed by atoms with van der Waals surface area (Å²) in [6.07, 6.45) is 3.77. The van der Waals surface area contributed by atoms with Crippen LogP contribution in [-0.2, 0) is 17.8 Å². The molecule has 2 aromatic heterocycles. The maximum Gasteiger partial charge on any atom is 0.305 e. The fourth-order valence-corrected chi connectivity index (χ4v) is 4.55. The van der Waals surface area contributed by atoms with Crippen molar-refractivity contribution in [3.8, 4) is 11.1 Å². The van der Waals surface area contributed by atoms with E-state index in [1.165, 1.54) is 0 Å². The minimum absolute atomic E-state index is 0.0698. The number of hydrogen-bond donors (Lipinski definition) is 1. The van der Waals surface area contributed by atoms with E-state index in [1.54, 1.807) is 53.5 Å². The van der Waals surface area contributed by atoms with Gasteiger partial charge < -0.3 is 14.9 Å². The molecule has 0 saturated heterocycles. The number of carbonyl (C=O) groups excluding carboxylic acids is 2. The van der Waals surface area contributed by atoms with E-state index in [0.717, 1.165) is 17.0 Å². The van der Waals surface area contributed by atoms with Gasteiger partial charge in [-0.05, 0) is 66.4 Å². The van der Waals surface area contributed by atoms with Crippen molar-refractivity contribution < 1.29 is 19.5 Å². The van der Waals surface area contributed by atoms with E-state index in [4.69, 9.17) is 0 Å². The third-order valence-corrected chi connectivity index (χ3v) is 6.60. The van der Waals surface area contributed by atoms with Crippen LogP contribution in [-0.4, -0.2) is 62.8 Å². The van der Waals surface area contributed by atoms with E-state index >= 15 is 0 Å². The van der Waals surface area contributed by atoms with E-state index in [2.05, 4.69) is 9.97 Å². The Morgan fingerprint density at radius 3 is 2.02 bits per heavy atom. The van der Waals surface area contributed by atoms with Crippen molar-refractivity contribution >= 4 is 17.8 Å². The second-order valence-corrected chi connectivity index (χ2v) is 9.56. The molecule has 2 heterocycles. The van der Waals surface area contributed by atoms with Gasteiger partial charge in [0.25, 0.3) is 11.8 Å². The molecule has 0 saturated carbocycles. The highest BCUT2D eigenvalue weighted by Gasteiger charge is 2.23. The van der Waals surface area contributed by atoms with Gasteiger partial charge in [-0.15, -0.1) is 0 Å². The first kappa shape index (κ1) is 28.2. The summed E-state index contributed by atoms with van der Waals surface area (Å²) in [5.74, 6) is -1.45. The second kappa shape index (κ2) is 13.3. The summed E-state index contributed by atoms with van der Waals surface area (Å²) in [6.45, 7) is 2.66.